The van der Waals surface area contributed by atoms with Crippen LogP contribution in [0.3, 0.4) is 0 Å². The summed E-state index contributed by atoms with van der Waals surface area (Å²) in [4.78, 5) is 34.3. The van der Waals surface area contributed by atoms with Gasteiger partial charge >= 0.3 is 5.97 Å². The molecular weight excluding hydrogens is 300 g/mol. The molecule has 0 aliphatic carbocycles. The molecule has 0 atom stereocenters. The van der Waals surface area contributed by atoms with Gasteiger partial charge in [-0.3, -0.25) is 14.9 Å². The molecule has 0 saturated carbocycles. The minimum Gasteiger partial charge on any atom is -0.478 e. The van der Waals surface area contributed by atoms with Gasteiger partial charge in [0.2, 0.25) is 0 Å². The topological polar surface area (TPSA) is 110 Å². The van der Waals surface area contributed by atoms with Gasteiger partial charge in [0.15, 0.2) is 5.78 Å². The Morgan fingerprint density at radius 3 is 2.39 bits per heavy atom. The van der Waals surface area contributed by atoms with E-state index in [4.69, 9.17) is 5.11 Å². The second kappa shape index (κ2) is 6.69. The fourth-order valence-corrected chi connectivity index (χ4v) is 2.19. The Morgan fingerprint density at radius 1 is 1.17 bits per heavy atom. The number of hydrogen-bond donors (Lipinski definition) is 2. The molecule has 2 rings (SSSR count). The van der Waals surface area contributed by atoms with E-state index in [2.05, 4.69) is 5.32 Å². The fourth-order valence-electron chi connectivity index (χ4n) is 2.19. The highest BCUT2D eigenvalue weighted by atomic mass is 16.6. The van der Waals surface area contributed by atoms with Crippen molar-refractivity contribution in [3.8, 4) is 0 Å². The molecule has 0 saturated heterocycles. The number of hydrogen-bond acceptors (Lipinski definition) is 5. The van der Waals surface area contributed by atoms with Gasteiger partial charge in [0, 0.05) is 23.7 Å². The highest BCUT2D eigenvalue weighted by Gasteiger charge is 2.21. The lowest BCUT2D eigenvalue weighted by Gasteiger charge is -2.08. The summed E-state index contributed by atoms with van der Waals surface area (Å²) >= 11 is 0. The number of carbonyl (C=O) groups is 2. The van der Waals surface area contributed by atoms with Crippen LogP contribution in [-0.2, 0) is 0 Å². The molecule has 0 bridgehead atoms. The van der Waals surface area contributed by atoms with Crippen molar-refractivity contribution in [2.75, 3.05) is 11.9 Å². The van der Waals surface area contributed by atoms with Crippen molar-refractivity contribution >= 4 is 23.1 Å². The molecule has 0 aliphatic heterocycles. The van der Waals surface area contributed by atoms with E-state index in [0.29, 0.717) is 12.2 Å². The van der Waals surface area contributed by atoms with Crippen molar-refractivity contribution in [1.29, 1.82) is 0 Å². The van der Waals surface area contributed by atoms with E-state index >= 15 is 0 Å². The maximum atomic E-state index is 12.5. The van der Waals surface area contributed by atoms with Crippen molar-refractivity contribution in [3.63, 3.8) is 0 Å². The highest BCUT2D eigenvalue weighted by molar-refractivity contribution is 6.14. The van der Waals surface area contributed by atoms with E-state index in [1.165, 1.54) is 30.3 Å². The van der Waals surface area contributed by atoms with Crippen LogP contribution >= 0.6 is 0 Å². The van der Waals surface area contributed by atoms with Crippen LogP contribution in [0.25, 0.3) is 0 Å². The Labute approximate surface area is 131 Å². The van der Waals surface area contributed by atoms with Crippen LogP contribution in [0.5, 0.6) is 0 Å². The number of carboxylic acids is 1. The van der Waals surface area contributed by atoms with E-state index in [9.17, 15) is 19.7 Å². The van der Waals surface area contributed by atoms with Crippen LogP contribution in [0.1, 0.15) is 33.2 Å². The third-order valence-corrected chi connectivity index (χ3v) is 3.23. The summed E-state index contributed by atoms with van der Waals surface area (Å²) in [6.45, 7) is 2.29. The van der Waals surface area contributed by atoms with Crippen molar-refractivity contribution < 1.29 is 19.6 Å². The largest absolute Gasteiger partial charge is 0.478 e. The SMILES string of the molecule is CCNc1ccc(C(=O)c2ccccc2C(=O)O)cc1[N+](=O)[O-]. The molecule has 7 heteroatoms. The molecule has 7 nitrogen and oxygen atoms in total. The third-order valence-electron chi connectivity index (χ3n) is 3.23. The number of nitro benzene ring substituents is 1. The number of carboxylic acid groups (broad SMARTS) is 1. The summed E-state index contributed by atoms with van der Waals surface area (Å²) in [5.41, 5.74) is -0.0143. The van der Waals surface area contributed by atoms with E-state index in [0.717, 1.165) is 6.07 Å². The van der Waals surface area contributed by atoms with Crippen molar-refractivity contribution in [2.45, 2.75) is 6.92 Å². The van der Waals surface area contributed by atoms with E-state index in [1.54, 1.807) is 13.0 Å². The van der Waals surface area contributed by atoms with E-state index in [1.807, 2.05) is 0 Å². The molecule has 23 heavy (non-hydrogen) atoms. The first-order chi connectivity index (χ1) is 11.0. The first-order valence-corrected chi connectivity index (χ1v) is 6.85. The summed E-state index contributed by atoms with van der Waals surface area (Å²) in [6, 6.07) is 9.79. The minimum atomic E-state index is -1.23. The first-order valence-electron chi connectivity index (χ1n) is 6.85. The van der Waals surface area contributed by atoms with Crippen LogP contribution in [0, 0.1) is 10.1 Å². The van der Waals surface area contributed by atoms with Crippen molar-refractivity contribution in [3.05, 3.63) is 69.3 Å². The Kier molecular flexibility index (Phi) is 4.70. The molecule has 2 N–H and O–H groups in total. The van der Waals surface area contributed by atoms with Gasteiger partial charge in [0.1, 0.15) is 5.69 Å². The lowest BCUT2D eigenvalue weighted by atomic mass is 9.98. The molecule has 0 fully saturated rings. The number of carbonyl (C=O) groups excluding carboxylic acids is 1. The lowest BCUT2D eigenvalue weighted by molar-refractivity contribution is -0.384. The predicted octanol–water partition coefficient (Wildman–Crippen LogP) is 2.96. The van der Waals surface area contributed by atoms with Crippen LogP contribution < -0.4 is 5.32 Å². The minimum absolute atomic E-state index is 0.00880. The van der Waals surface area contributed by atoms with Crippen LogP contribution in [-0.4, -0.2) is 28.3 Å². The maximum absolute atomic E-state index is 12.5. The number of benzene rings is 2. The normalized spacial score (nSPS) is 10.1. The zero-order valence-corrected chi connectivity index (χ0v) is 12.3. The average Bonchev–Trinajstić information content (AvgIpc) is 2.54. The van der Waals surface area contributed by atoms with Gasteiger partial charge in [0.25, 0.3) is 5.69 Å². The van der Waals surface area contributed by atoms with E-state index in [-0.39, 0.29) is 22.4 Å². The summed E-state index contributed by atoms with van der Waals surface area (Å²) in [5, 5.41) is 23.1. The summed E-state index contributed by atoms with van der Waals surface area (Å²) in [5.74, 6) is -1.80. The second-order valence-electron chi connectivity index (χ2n) is 4.70. The third kappa shape index (κ3) is 3.34. The molecule has 0 unspecified atom stereocenters. The number of aromatic carboxylic acids is 1. The quantitative estimate of drug-likeness (QED) is 0.482. The standard InChI is InChI=1S/C16H14N2O5/c1-2-17-13-8-7-10(9-14(13)18(22)23)15(19)11-5-3-4-6-12(11)16(20)21/h3-9,17H,2H2,1H3,(H,20,21). The summed E-state index contributed by atoms with van der Waals surface area (Å²) < 4.78 is 0. The Hall–Kier alpha value is -3.22. The summed E-state index contributed by atoms with van der Waals surface area (Å²) in [7, 11) is 0. The average molecular weight is 314 g/mol. The lowest BCUT2D eigenvalue weighted by Crippen LogP contribution is -2.10. The second-order valence-corrected chi connectivity index (χ2v) is 4.70. The molecule has 2 aromatic rings. The molecule has 0 aliphatic rings. The number of anilines is 1. The first kappa shape index (κ1) is 16.2. The molecule has 0 heterocycles. The summed E-state index contributed by atoms with van der Waals surface area (Å²) in [6.07, 6.45) is 0. The Bertz CT molecular complexity index is 786. The van der Waals surface area contributed by atoms with E-state index < -0.39 is 16.7 Å². The molecule has 0 radical (unpaired) electrons. The van der Waals surface area contributed by atoms with Crippen LogP contribution in [0.2, 0.25) is 0 Å². The zero-order chi connectivity index (χ0) is 17.0. The molecule has 0 spiro atoms. The Balaban J connectivity index is 2.50. The van der Waals surface area contributed by atoms with Gasteiger partial charge in [-0.05, 0) is 25.1 Å². The highest BCUT2D eigenvalue weighted by Crippen LogP contribution is 2.27. The van der Waals surface area contributed by atoms with Gasteiger partial charge in [-0.25, -0.2) is 4.79 Å². The molecular formula is C16H14N2O5. The van der Waals surface area contributed by atoms with Crippen LogP contribution in [0.15, 0.2) is 42.5 Å². The molecule has 0 amide bonds. The molecule has 0 aromatic heterocycles. The zero-order valence-electron chi connectivity index (χ0n) is 12.3. The Morgan fingerprint density at radius 2 is 1.83 bits per heavy atom. The number of rotatable bonds is 6. The van der Waals surface area contributed by atoms with Gasteiger partial charge in [-0.1, -0.05) is 18.2 Å². The number of nitrogens with zero attached hydrogens (tertiary/aromatic N) is 1. The van der Waals surface area contributed by atoms with Gasteiger partial charge < -0.3 is 10.4 Å². The fraction of sp³-hybridized carbons (Fsp3) is 0.125. The number of nitro groups is 1. The van der Waals surface area contributed by atoms with Crippen molar-refractivity contribution in [2.24, 2.45) is 0 Å². The molecule has 2 aromatic carbocycles. The van der Waals surface area contributed by atoms with Gasteiger partial charge in [-0.15, -0.1) is 0 Å². The molecule has 118 valence electrons. The predicted molar refractivity (Wildman–Crippen MR) is 84.1 cm³/mol. The van der Waals surface area contributed by atoms with Gasteiger partial charge in [0.05, 0.1) is 10.5 Å². The van der Waals surface area contributed by atoms with Gasteiger partial charge in [-0.2, -0.15) is 0 Å². The number of nitrogens with one attached hydrogen (secondary N) is 1. The maximum Gasteiger partial charge on any atom is 0.336 e. The monoisotopic (exact) mass is 314 g/mol. The van der Waals surface area contributed by atoms with Crippen molar-refractivity contribution in [1.82, 2.24) is 0 Å². The number of ketones is 1. The van der Waals surface area contributed by atoms with Crippen LogP contribution in [0.4, 0.5) is 11.4 Å². The smallest absolute Gasteiger partial charge is 0.336 e.